The lowest BCUT2D eigenvalue weighted by atomic mass is 10.0. The molecule has 3 rings (SSSR count). The first kappa shape index (κ1) is 12.0. The van der Waals surface area contributed by atoms with Crippen molar-refractivity contribution in [3.63, 3.8) is 0 Å². The van der Waals surface area contributed by atoms with E-state index in [2.05, 4.69) is 20.6 Å². The number of nitrogens with one attached hydrogen (secondary N) is 3. The van der Waals surface area contributed by atoms with Crippen molar-refractivity contribution in [1.29, 1.82) is 0 Å². The van der Waals surface area contributed by atoms with Crippen molar-refractivity contribution in [3.05, 3.63) is 17.7 Å². The summed E-state index contributed by atoms with van der Waals surface area (Å²) in [4.78, 5) is 19.4. The molecule has 2 atom stereocenters. The van der Waals surface area contributed by atoms with Gasteiger partial charge in [-0.05, 0) is 18.6 Å². The molecular formula is C12H18N4OS. The van der Waals surface area contributed by atoms with Crippen LogP contribution in [0.3, 0.4) is 0 Å². The van der Waals surface area contributed by atoms with Crippen LogP contribution >= 0.6 is 11.8 Å². The van der Waals surface area contributed by atoms with Crippen molar-refractivity contribution in [2.45, 2.75) is 37.1 Å². The standard InChI is InChI=1S/C12H18N4OS/c17-12(14-5-8-2-1-3-18-8)10-4-9-11(6-13-10)16-7-15-9/h7-8,10,13H,1-6H2,(H,14,17)(H,15,16). The fraction of sp³-hybridized carbons (Fsp3) is 0.667. The van der Waals surface area contributed by atoms with Gasteiger partial charge in [-0.15, -0.1) is 0 Å². The minimum atomic E-state index is -0.132. The average Bonchev–Trinajstić information content (AvgIpc) is 3.05. The molecule has 1 aromatic heterocycles. The molecule has 0 saturated carbocycles. The zero-order valence-corrected chi connectivity index (χ0v) is 11.1. The summed E-state index contributed by atoms with van der Waals surface area (Å²) in [6, 6.07) is -0.132. The number of aromatic nitrogens is 2. The van der Waals surface area contributed by atoms with Gasteiger partial charge in [-0.3, -0.25) is 10.1 Å². The summed E-state index contributed by atoms with van der Waals surface area (Å²) in [5.41, 5.74) is 2.12. The maximum absolute atomic E-state index is 12.1. The maximum Gasteiger partial charge on any atom is 0.237 e. The summed E-state index contributed by atoms with van der Waals surface area (Å²) in [7, 11) is 0. The molecule has 0 bridgehead atoms. The van der Waals surface area contributed by atoms with E-state index in [0.29, 0.717) is 18.2 Å². The molecule has 2 aliphatic rings. The number of aromatic amines is 1. The van der Waals surface area contributed by atoms with Gasteiger partial charge in [-0.25, -0.2) is 4.98 Å². The molecule has 6 heteroatoms. The number of amides is 1. The van der Waals surface area contributed by atoms with Crippen molar-refractivity contribution in [2.75, 3.05) is 12.3 Å². The van der Waals surface area contributed by atoms with Gasteiger partial charge in [0.05, 0.1) is 23.8 Å². The normalized spacial score (nSPS) is 26.9. The molecule has 5 nitrogen and oxygen atoms in total. The molecule has 2 unspecified atom stereocenters. The monoisotopic (exact) mass is 266 g/mol. The Balaban J connectivity index is 1.51. The van der Waals surface area contributed by atoms with E-state index in [9.17, 15) is 4.79 Å². The second kappa shape index (κ2) is 5.32. The highest BCUT2D eigenvalue weighted by atomic mass is 32.2. The van der Waals surface area contributed by atoms with Crippen LogP contribution in [-0.4, -0.2) is 39.5 Å². The lowest BCUT2D eigenvalue weighted by Gasteiger charge is -2.22. The Hall–Kier alpha value is -1.01. The van der Waals surface area contributed by atoms with Gasteiger partial charge in [0, 0.05) is 24.8 Å². The number of carbonyl (C=O) groups excluding carboxylic acids is 1. The molecule has 1 saturated heterocycles. The molecule has 0 aromatic carbocycles. The molecular weight excluding hydrogens is 248 g/mol. The minimum Gasteiger partial charge on any atom is -0.354 e. The summed E-state index contributed by atoms with van der Waals surface area (Å²) < 4.78 is 0. The van der Waals surface area contributed by atoms with E-state index in [4.69, 9.17) is 0 Å². The molecule has 0 spiro atoms. The van der Waals surface area contributed by atoms with Gasteiger partial charge in [0.1, 0.15) is 0 Å². The van der Waals surface area contributed by atoms with Gasteiger partial charge in [-0.2, -0.15) is 11.8 Å². The highest BCUT2D eigenvalue weighted by molar-refractivity contribution is 8.00. The topological polar surface area (TPSA) is 69.8 Å². The van der Waals surface area contributed by atoms with Crippen molar-refractivity contribution >= 4 is 17.7 Å². The van der Waals surface area contributed by atoms with E-state index in [1.54, 1.807) is 6.33 Å². The SMILES string of the molecule is O=C(NCC1CCCS1)C1Cc2nc[nH]c2CN1. The summed E-state index contributed by atoms with van der Waals surface area (Å²) in [5.74, 6) is 1.34. The Morgan fingerprint density at radius 2 is 2.56 bits per heavy atom. The molecule has 1 aromatic rings. The second-order valence-corrected chi connectivity index (χ2v) is 6.25. The lowest BCUT2D eigenvalue weighted by Crippen LogP contribution is -2.48. The number of hydrogen-bond donors (Lipinski definition) is 3. The van der Waals surface area contributed by atoms with Crippen molar-refractivity contribution in [1.82, 2.24) is 20.6 Å². The summed E-state index contributed by atoms with van der Waals surface area (Å²) in [6.45, 7) is 1.50. The third kappa shape index (κ3) is 2.54. The van der Waals surface area contributed by atoms with Crippen LogP contribution in [0.4, 0.5) is 0 Å². The third-order valence-corrected chi connectivity index (χ3v) is 4.97. The van der Waals surface area contributed by atoms with Gasteiger partial charge in [0.15, 0.2) is 0 Å². The van der Waals surface area contributed by atoms with Crippen LogP contribution in [-0.2, 0) is 17.8 Å². The highest BCUT2D eigenvalue weighted by Gasteiger charge is 2.26. The van der Waals surface area contributed by atoms with Gasteiger partial charge < -0.3 is 10.3 Å². The number of imidazole rings is 1. The molecule has 1 amide bonds. The van der Waals surface area contributed by atoms with Crippen LogP contribution in [0.2, 0.25) is 0 Å². The molecule has 3 heterocycles. The summed E-state index contributed by atoms with van der Waals surface area (Å²) in [6.07, 6.45) is 4.89. The first-order valence-corrected chi connectivity index (χ1v) is 7.51. The molecule has 2 aliphatic heterocycles. The number of rotatable bonds is 3. The largest absolute Gasteiger partial charge is 0.354 e. The van der Waals surface area contributed by atoms with Crippen LogP contribution < -0.4 is 10.6 Å². The Morgan fingerprint density at radius 1 is 1.61 bits per heavy atom. The predicted octanol–water partition coefficient (Wildman–Crippen LogP) is 0.436. The van der Waals surface area contributed by atoms with Crippen molar-refractivity contribution in [2.24, 2.45) is 0 Å². The van der Waals surface area contributed by atoms with Crippen molar-refractivity contribution in [3.8, 4) is 0 Å². The summed E-state index contributed by atoms with van der Waals surface area (Å²) >= 11 is 1.97. The number of thioether (sulfide) groups is 1. The molecule has 18 heavy (non-hydrogen) atoms. The van der Waals surface area contributed by atoms with Crippen LogP contribution in [0, 0.1) is 0 Å². The van der Waals surface area contributed by atoms with E-state index in [0.717, 1.165) is 17.9 Å². The molecule has 3 N–H and O–H groups in total. The van der Waals surface area contributed by atoms with Gasteiger partial charge in [-0.1, -0.05) is 0 Å². The van der Waals surface area contributed by atoms with Gasteiger partial charge in [0.25, 0.3) is 0 Å². The van der Waals surface area contributed by atoms with Gasteiger partial charge in [0.2, 0.25) is 5.91 Å². The Bertz CT molecular complexity index is 427. The van der Waals surface area contributed by atoms with Crippen molar-refractivity contribution < 1.29 is 4.79 Å². The number of fused-ring (bicyclic) bond motifs is 1. The highest BCUT2D eigenvalue weighted by Crippen LogP contribution is 2.25. The predicted molar refractivity (Wildman–Crippen MR) is 71.4 cm³/mol. The Morgan fingerprint density at radius 3 is 3.39 bits per heavy atom. The average molecular weight is 266 g/mol. The summed E-state index contributed by atoms with van der Waals surface area (Å²) in [5, 5.41) is 6.91. The minimum absolute atomic E-state index is 0.108. The second-order valence-electron chi connectivity index (χ2n) is 4.85. The van der Waals surface area contributed by atoms with Crippen LogP contribution in [0.15, 0.2) is 6.33 Å². The fourth-order valence-electron chi connectivity index (χ4n) is 2.50. The van der Waals surface area contributed by atoms with Crippen LogP contribution in [0.1, 0.15) is 24.2 Å². The smallest absolute Gasteiger partial charge is 0.237 e. The van der Waals surface area contributed by atoms with E-state index in [1.807, 2.05) is 11.8 Å². The van der Waals surface area contributed by atoms with E-state index in [1.165, 1.54) is 18.6 Å². The first-order valence-electron chi connectivity index (χ1n) is 6.47. The van der Waals surface area contributed by atoms with E-state index < -0.39 is 0 Å². The number of carbonyl (C=O) groups is 1. The Labute approximate surface area is 111 Å². The molecule has 1 fully saturated rings. The fourth-order valence-corrected chi connectivity index (χ4v) is 3.70. The van der Waals surface area contributed by atoms with Crippen LogP contribution in [0.25, 0.3) is 0 Å². The first-order chi connectivity index (χ1) is 8.83. The van der Waals surface area contributed by atoms with E-state index in [-0.39, 0.29) is 11.9 Å². The van der Waals surface area contributed by atoms with Crippen LogP contribution in [0.5, 0.6) is 0 Å². The lowest BCUT2D eigenvalue weighted by molar-refractivity contribution is -0.123. The molecule has 0 radical (unpaired) electrons. The zero-order chi connectivity index (χ0) is 12.4. The number of nitrogens with zero attached hydrogens (tertiary/aromatic N) is 1. The number of H-pyrrole nitrogens is 1. The zero-order valence-electron chi connectivity index (χ0n) is 10.2. The Kier molecular flexibility index (Phi) is 3.56. The quantitative estimate of drug-likeness (QED) is 0.742. The third-order valence-electron chi connectivity index (χ3n) is 3.57. The molecule has 98 valence electrons. The number of hydrogen-bond acceptors (Lipinski definition) is 4. The molecule has 0 aliphatic carbocycles. The van der Waals surface area contributed by atoms with Gasteiger partial charge >= 0.3 is 0 Å². The van der Waals surface area contributed by atoms with E-state index >= 15 is 0 Å². The maximum atomic E-state index is 12.1.